The summed E-state index contributed by atoms with van der Waals surface area (Å²) in [6.07, 6.45) is 12.5. The summed E-state index contributed by atoms with van der Waals surface area (Å²) in [6.45, 7) is 11.9. The molecule has 0 aliphatic carbocycles. The molecule has 0 aromatic heterocycles. The van der Waals surface area contributed by atoms with Crippen LogP contribution >= 0.6 is 11.6 Å². The van der Waals surface area contributed by atoms with Crippen LogP contribution in [0.4, 0.5) is 0 Å². The number of unbranched alkanes of at least 4 members (excludes halogenated alkanes) is 4. The number of hydrogen-bond donors (Lipinski definition) is 0. The first-order chi connectivity index (χ1) is 11.2. The molecule has 0 N–H and O–H groups in total. The van der Waals surface area contributed by atoms with Crippen LogP contribution in [0.2, 0.25) is 5.02 Å². The van der Waals surface area contributed by atoms with Gasteiger partial charge in [0.25, 0.3) is 0 Å². The highest BCUT2D eigenvalue weighted by Crippen LogP contribution is 2.13. The molecule has 0 radical (unpaired) electrons. The van der Waals surface area contributed by atoms with Crippen LogP contribution < -0.4 is 12.4 Å². The van der Waals surface area contributed by atoms with Crippen molar-refractivity contribution in [2.75, 3.05) is 26.2 Å². The molecule has 3 heteroatoms. The number of rotatable bonds is 12. The zero-order valence-corrected chi connectivity index (χ0v) is 17.3. The normalized spacial score (nSPS) is 11.7. The molecule has 0 saturated heterocycles. The van der Waals surface area contributed by atoms with Gasteiger partial charge in [0.2, 0.25) is 0 Å². The van der Waals surface area contributed by atoms with Crippen LogP contribution in [0.15, 0.2) is 36.4 Å². The van der Waals surface area contributed by atoms with E-state index in [1.165, 1.54) is 61.8 Å². The number of halogens is 2. The minimum atomic E-state index is 0. The summed E-state index contributed by atoms with van der Waals surface area (Å²) in [7, 11) is 0. The van der Waals surface area contributed by atoms with E-state index >= 15 is 0 Å². The molecule has 1 aromatic rings. The maximum absolute atomic E-state index is 6.04. The third-order valence-electron chi connectivity index (χ3n) is 4.98. The van der Waals surface area contributed by atoms with E-state index in [-0.39, 0.29) is 12.4 Å². The molecule has 1 rings (SSSR count). The van der Waals surface area contributed by atoms with E-state index in [1.807, 2.05) is 12.1 Å². The highest BCUT2D eigenvalue weighted by molar-refractivity contribution is 6.30. The lowest BCUT2D eigenvalue weighted by Gasteiger charge is -2.36. The molecule has 0 unspecified atom stereocenters. The van der Waals surface area contributed by atoms with Gasteiger partial charge in [-0.1, -0.05) is 56.0 Å². The molecule has 0 heterocycles. The van der Waals surface area contributed by atoms with Crippen molar-refractivity contribution in [3.63, 3.8) is 0 Å². The monoisotopic (exact) mass is 371 g/mol. The number of nitrogens with zero attached hydrogens (tertiary/aromatic N) is 1. The average molecular weight is 372 g/mol. The van der Waals surface area contributed by atoms with E-state index < -0.39 is 0 Å². The van der Waals surface area contributed by atoms with Gasteiger partial charge in [0, 0.05) is 5.02 Å². The fourth-order valence-corrected chi connectivity index (χ4v) is 3.33. The van der Waals surface area contributed by atoms with Crippen molar-refractivity contribution in [1.29, 1.82) is 0 Å². The van der Waals surface area contributed by atoms with Gasteiger partial charge >= 0.3 is 0 Å². The summed E-state index contributed by atoms with van der Waals surface area (Å²) in [6, 6.07) is 8.16. The Bertz CT molecular complexity index is 453. The van der Waals surface area contributed by atoms with Gasteiger partial charge in [-0.2, -0.15) is 0 Å². The molecule has 0 aliphatic heterocycles. The predicted octanol–water partition coefficient (Wildman–Crippen LogP) is 3.27. The molecule has 0 aliphatic rings. The Kier molecular flexibility index (Phi) is 13.5. The van der Waals surface area contributed by atoms with Crippen molar-refractivity contribution in [3.05, 3.63) is 47.0 Å². The second-order valence-electron chi connectivity index (χ2n) is 6.60. The van der Waals surface area contributed by atoms with E-state index in [0.717, 1.165) is 18.0 Å². The summed E-state index contributed by atoms with van der Waals surface area (Å²) in [5, 5.41) is 0.829. The number of likely N-dealkylation sites (N-methyl/N-ethyl adjacent to an activating group) is 1. The fourth-order valence-electron chi connectivity index (χ4n) is 3.12. The zero-order chi connectivity index (χ0) is 17.0. The fraction of sp³-hybridized carbons (Fsp3) is 0.619. The van der Waals surface area contributed by atoms with Gasteiger partial charge in [-0.3, -0.25) is 0 Å². The Labute approximate surface area is 161 Å². The summed E-state index contributed by atoms with van der Waals surface area (Å²) >= 11 is 6.04. The third kappa shape index (κ3) is 9.11. The Balaban J connectivity index is 0.00000529. The van der Waals surface area contributed by atoms with Crippen LogP contribution in [-0.4, -0.2) is 30.7 Å². The van der Waals surface area contributed by atoms with Crippen LogP contribution in [0, 0.1) is 0 Å². The molecule has 0 atom stereocenters. The molecule has 1 aromatic carbocycles. The van der Waals surface area contributed by atoms with Gasteiger partial charge in [0.1, 0.15) is 0 Å². The summed E-state index contributed by atoms with van der Waals surface area (Å²) in [4.78, 5) is 0. The van der Waals surface area contributed by atoms with Crippen LogP contribution in [0.5, 0.6) is 0 Å². The van der Waals surface area contributed by atoms with Crippen molar-refractivity contribution in [3.8, 4) is 0 Å². The lowest BCUT2D eigenvalue weighted by molar-refractivity contribution is -0.919. The number of benzene rings is 1. The van der Waals surface area contributed by atoms with Crippen LogP contribution in [0.3, 0.4) is 0 Å². The number of allylic oxidation sites excluding steroid dienone is 1. The average Bonchev–Trinajstić information content (AvgIpc) is 2.57. The summed E-state index contributed by atoms with van der Waals surface area (Å²) in [5.74, 6) is 0. The second-order valence-corrected chi connectivity index (χ2v) is 7.04. The van der Waals surface area contributed by atoms with Crippen LogP contribution in [-0.2, 0) is 6.42 Å². The second kappa shape index (κ2) is 13.8. The lowest BCUT2D eigenvalue weighted by Crippen LogP contribution is -3.00. The van der Waals surface area contributed by atoms with Gasteiger partial charge < -0.3 is 16.9 Å². The molecular weight excluding hydrogens is 337 g/mol. The smallest absolute Gasteiger partial charge is 0.0973 e. The molecule has 138 valence electrons. The number of quaternary nitrogens is 1. The van der Waals surface area contributed by atoms with Gasteiger partial charge in [-0.05, 0) is 56.9 Å². The van der Waals surface area contributed by atoms with E-state index in [4.69, 9.17) is 11.6 Å². The Morgan fingerprint density at radius 3 is 2.29 bits per heavy atom. The first kappa shape index (κ1) is 23.5. The molecule has 0 amide bonds. The Morgan fingerprint density at radius 2 is 1.67 bits per heavy atom. The maximum Gasteiger partial charge on any atom is 0.0973 e. The van der Waals surface area contributed by atoms with E-state index in [9.17, 15) is 0 Å². The predicted molar refractivity (Wildman–Crippen MR) is 104 cm³/mol. The highest BCUT2D eigenvalue weighted by Gasteiger charge is 2.20. The minimum absolute atomic E-state index is 0. The Hall–Kier alpha value is -0.500. The van der Waals surface area contributed by atoms with Crippen LogP contribution in [0.1, 0.15) is 58.4 Å². The van der Waals surface area contributed by atoms with Crippen molar-refractivity contribution in [2.24, 2.45) is 0 Å². The summed E-state index contributed by atoms with van der Waals surface area (Å²) in [5.41, 5.74) is 1.29. The largest absolute Gasteiger partial charge is 1.00 e. The first-order valence-electron chi connectivity index (χ1n) is 9.40. The SMILES string of the molecule is CCCCCCC[N+](CC)(CC)C/C=C/Cc1cccc(Cl)c1.[Cl-]. The highest BCUT2D eigenvalue weighted by atomic mass is 35.5. The lowest BCUT2D eigenvalue weighted by atomic mass is 10.1. The van der Waals surface area contributed by atoms with Gasteiger partial charge in [-0.25, -0.2) is 0 Å². The van der Waals surface area contributed by atoms with Gasteiger partial charge in [0.05, 0.1) is 26.2 Å². The topological polar surface area (TPSA) is 0 Å². The zero-order valence-electron chi connectivity index (χ0n) is 15.7. The number of hydrogen-bond acceptors (Lipinski definition) is 0. The standard InChI is InChI=1S/C21H35ClN.ClH/c1-4-7-8-9-11-17-23(5-2,6-3)18-12-10-14-20-15-13-16-21(22)19-20;/h10,12-13,15-16,19H,4-9,11,14,17-18H2,1-3H3;1H/q+1;/p-1/b12-10+;. The van der Waals surface area contributed by atoms with Gasteiger partial charge in [-0.15, -0.1) is 0 Å². The van der Waals surface area contributed by atoms with Gasteiger partial charge in [0.15, 0.2) is 0 Å². The molecule has 0 spiro atoms. The van der Waals surface area contributed by atoms with Crippen LogP contribution in [0.25, 0.3) is 0 Å². The maximum atomic E-state index is 6.04. The molecule has 1 nitrogen and oxygen atoms in total. The molecule has 0 bridgehead atoms. The van der Waals surface area contributed by atoms with E-state index in [2.05, 4.69) is 45.1 Å². The third-order valence-corrected chi connectivity index (χ3v) is 5.21. The van der Waals surface area contributed by atoms with Crippen molar-refractivity contribution in [1.82, 2.24) is 0 Å². The van der Waals surface area contributed by atoms with Crippen molar-refractivity contribution in [2.45, 2.75) is 59.3 Å². The quantitative estimate of drug-likeness (QED) is 0.300. The minimum Gasteiger partial charge on any atom is -1.00 e. The van der Waals surface area contributed by atoms with E-state index in [0.29, 0.717) is 0 Å². The summed E-state index contributed by atoms with van der Waals surface area (Å²) < 4.78 is 1.22. The molecule has 0 saturated carbocycles. The first-order valence-corrected chi connectivity index (χ1v) is 9.78. The van der Waals surface area contributed by atoms with Crippen molar-refractivity contribution < 1.29 is 16.9 Å². The van der Waals surface area contributed by atoms with Crippen molar-refractivity contribution >= 4 is 11.6 Å². The Morgan fingerprint density at radius 1 is 0.958 bits per heavy atom. The molecule has 0 fully saturated rings. The van der Waals surface area contributed by atoms with E-state index in [1.54, 1.807) is 0 Å². The molecular formula is C21H35Cl2N. The molecule has 24 heavy (non-hydrogen) atoms.